The van der Waals surface area contributed by atoms with E-state index >= 15 is 0 Å². The lowest BCUT2D eigenvalue weighted by Gasteiger charge is -2.33. The molecule has 0 bridgehead atoms. The molecular formula is C17H16BrN3O. The Kier molecular flexibility index (Phi) is 4.59. The second kappa shape index (κ2) is 6.80. The summed E-state index contributed by atoms with van der Waals surface area (Å²) in [5, 5.41) is 9.02. The number of para-hydroxylation sites is 1. The molecule has 1 aliphatic heterocycles. The Balaban J connectivity index is 1.62. The third-order valence-electron chi connectivity index (χ3n) is 3.70. The lowest BCUT2D eigenvalue weighted by molar-refractivity contribution is 0.170. The highest BCUT2D eigenvalue weighted by Crippen LogP contribution is 2.24. The molecule has 1 aromatic carbocycles. The monoisotopic (exact) mass is 357 g/mol. The van der Waals surface area contributed by atoms with Crippen LogP contribution in [0.2, 0.25) is 0 Å². The fourth-order valence-electron chi connectivity index (χ4n) is 2.60. The molecule has 0 aliphatic carbocycles. The first-order valence-electron chi connectivity index (χ1n) is 7.29. The van der Waals surface area contributed by atoms with E-state index in [4.69, 9.17) is 10.00 Å². The first-order chi connectivity index (χ1) is 10.7. The van der Waals surface area contributed by atoms with Crippen LogP contribution in [0.3, 0.4) is 0 Å². The molecule has 3 rings (SSSR count). The molecule has 1 fully saturated rings. The van der Waals surface area contributed by atoms with E-state index in [-0.39, 0.29) is 6.10 Å². The number of nitrogens with zero attached hydrogens (tertiary/aromatic N) is 3. The predicted molar refractivity (Wildman–Crippen MR) is 89.0 cm³/mol. The third-order valence-corrected chi connectivity index (χ3v) is 4.16. The summed E-state index contributed by atoms with van der Waals surface area (Å²) in [4.78, 5) is 6.58. The molecular weight excluding hydrogens is 342 g/mol. The number of ether oxygens (including phenoxy) is 1. The van der Waals surface area contributed by atoms with Gasteiger partial charge >= 0.3 is 0 Å². The summed E-state index contributed by atoms with van der Waals surface area (Å²) in [7, 11) is 0. The van der Waals surface area contributed by atoms with Crippen molar-refractivity contribution in [3.05, 3.63) is 52.6 Å². The second-order valence-electron chi connectivity index (χ2n) is 5.26. The zero-order chi connectivity index (χ0) is 15.4. The van der Waals surface area contributed by atoms with Crippen molar-refractivity contribution in [1.82, 2.24) is 4.98 Å². The van der Waals surface area contributed by atoms with Crippen LogP contribution in [0.15, 0.2) is 46.9 Å². The van der Waals surface area contributed by atoms with Crippen molar-refractivity contribution in [2.45, 2.75) is 18.9 Å². The van der Waals surface area contributed by atoms with Crippen molar-refractivity contribution in [3.63, 3.8) is 0 Å². The number of hydrogen-bond acceptors (Lipinski definition) is 4. The van der Waals surface area contributed by atoms with Gasteiger partial charge in [-0.15, -0.1) is 0 Å². The van der Waals surface area contributed by atoms with Gasteiger partial charge in [0, 0.05) is 30.4 Å². The Morgan fingerprint density at radius 3 is 2.59 bits per heavy atom. The van der Waals surface area contributed by atoms with Crippen molar-refractivity contribution in [2.24, 2.45) is 0 Å². The normalized spacial score (nSPS) is 15.4. The first kappa shape index (κ1) is 14.9. The number of hydrogen-bond donors (Lipinski definition) is 0. The average Bonchev–Trinajstić information content (AvgIpc) is 2.56. The standard InChI is InChI=1S/C17H16BrN3O/c18-13-10-14(12-19)20-17(11-13)21-8-6-16(7-9-21)22-15-4-2-1-3-5-15/h1-5,10-11,16H,6-9H2. The molecule has 0 radical (unpaired) electrons. The summed E-state index contributed by atoms with van der Waals surface area (Å²) in [6, 6.07) is 15.7. The molecule has 0 unspecified atom stereocenters. The number of pyridine rings is 1. The molecule has 1 aliphatic rings. The topological polar surface area (TPSA) is 49.2 Å². The number of anilines is 1. The van der Waals surface area contributed by atoms with Gasteiger partial charge in [-0.25, -0.2) is 4.98 Å². The van der Waals surface area contributed by atoms with E-state index in [0.29, 0.717) is 5.69 Å². The summed E-state index contributed by atoms with van der Waals surface area (Å²) in [5.41, 5.74) is 0.437. The zero-order valence-corrected chi connectivity index (χ0v) is 13.7. The lowest BCUT2D eigenvalue weighted by atomic mass is 10.1. The third kappa shape index (κ3) is 3.58. The summed E-state index contributed by atoms with van der Waals surface area (Å²) in [5.74, 6) is 1.78. The van der Waals surface area contributed by atoms with Gasteiger partial charge in [0.05, 0.1) is 0 Å². The first-order valence-corrected chi connectivity index (χ1v) is 8.08. The number of nitriles is 1. The van der Waals surface area contributed by atoms with Gasteiger partial charge in [0.1, 0.15) is 29.4 Å². The smallest absolute Gasteiger partial charge is 0.144 e. The fourth-order valence-corrected chi connectivity index (χ4v) is 3.02. The van der Waals surface area contributed by atoms with Gasteiger partial charge in [0.15, 0.2) is 0 Å². The number of aromatic nitrogens is 1. The van der Waals surface area contributed by atoms with Gasteiger partial charge in [0.25, 0.3) is 0 Å². The van der Waals surface area contributed by atoms with E-state index in [9.17, 15) is 0 Å². The van der Waals surface area contributed by atoms with Crippen molar-refractivity contribution in [1.29, 1.82) is 5.26 Å². The zero-order valence-electron chi connectivity index (χ0n) is 12.1. The molecule has 0 spiro atoms. The van der Waals surface area contributed by atoms with E-state index in [2.05, 4.69) is 31.9 Å². The van der Waals surface area contributed by atoms with Crippen LogP contribution in [-0.4, -0.2) is 24.2 Å². The molecule has 0 N–H and O–H groups in total. The van der Waals surface area contributed by atoms with Gasteiger partial charge < -0.3 is 9.64 Å². The Morgan fingerprint density at radius 1 is 1.18 bits per heavy atom. The molecule has 2 heterocycles. The van der Waals surface area contributed by atoms with Crippen molar-refractivity contribution < 1.29 is 4.74 Å². The minimum absolute atomic E-state index is 0.237. The molecule has 22 heavy (non-hydrogen) atoms. The van der Waals surface area contributed by atoms with Crippen LogP contribution in [0.25, 0.3) is 0 Å². The lowest BCUT2D eigenvalue weighted by Crippen LogP contribution is -2.38. The maximum atomic E-state index is 9.02. The molecule has 112 valence electrons. The van der Waals surface area contributed by atoms with E-state index in [1.165, 1.54) is 0 Å². The summed E-state index contributed by atoms with van der Waals surface area (Å²) in [6.07, 6.45) is 2.14. The van der Waals surface area contributed by atoms with Gasteiger partial charge in [-0.2, -0.15) is 5.26 Å². The molecule has 4 nitrogen and oxygen atoms in total. The van der Waals surface area contributed by atoms with Crippen LogP contribution < -0.4 is 9.64 Å². The minimum atomic E-state index is 0.237. The quantitative estimate of drug-likeness (QED) is 0.838. The highest BCUT2D eigenvalue weighted by Gasteiger charge is 2.22. The van der Waals surface area contributed by atoms with Crippen molar-refractivity contribution >= 4 is 21.7 Å². The van der Waals surface area contributed by atoms with E-state index in [0.717, 1.165) is 42.0 Å². The highest BCUT2D eigenvalue weighted by molar-refractivity contribution is 9.10. The SMILES string of the molecule is N#Cc1cc(Br)cc(N2CCC(Oc3ccccc3)CC2)n1. The minimum Gasteiger partial charge on any atom is -0.490 e. The van der Waals surface area contributed by atoms with Gasteiger partial charge in [0.2, 0.25) is 0 Å². The summed E-state index contributed by atoms with van der Waals surface area (Å²) in [6.45, 7) is 1.76. The van der Waals surface area contributed by atoms with Crippen molar-refractivity contribution in [2.75, 3.05) is 18.0 Å². The largest absolute Gasteiger partial charge is 0.490 e. The molecule has 1 saturated heterocycles. The average molecular weight is 358 g/mol. The van der Waals surface area contributed by atoms with E-state index in [1.807, 2.05) is 36.4 Å². The van der Waals surface area contributed by atoms with Crippen LogP contribution >= 0.6 is 15.9 Å². The maximum absolute atomic E-state index is 9.02. The van der Waals surface area contributed by atoms with Gasteiger partial charge in [-0.05, 0) is 24.3 Å². The van der Waals surface area contributed by atoms with Crippen LogP contribution in [0.5, 0.6) is 5.75 Å². The Bertz CT molecular complexity index is 676. The molecule has 5 heteroatoms. The summed E-state index contributed by atoms with van der Waals surface area (Å²) >= 11 is 3.43. The number of piperidine rings is 1. The van der Waals surface area contributed by atoms with Crippen LogP contribution in [0.1, 0.15) is 18.5 Å². The number of benzene rings is 1. The summed E-state index contributed by atoms with van der Waals surface area (Å²) < 4.78 is 6.89. The second-order valence-corrected chi connectivity index (χ2v) is 6.17. The highest BCUT2D eigenvalue weighted by atomic mass is 79.9. The molecule has 0 amide bonds. The van der Waals surface area contributed by atoms with Crippen LogP contribution in [0.4, 0.5) is 5.82 Å². The molecule has 0 saturated carbocycles. The Morgan fingerprint density at radius 2 is 1.91 bits per heavy atom. The van der Waals surface area contributed by atoms with Crippen LogP contribution in [0, 0.1) is 11.3 Å². The van der Waals surface area contributed by atoms with Gasteiger partial charge in [-0.1, -0.05) is 34.1 Å². The predicted octanol–water partition coefficient (Wildman–Crippen LogP) is 3.76. The maximum Gasteiger partial charge on any atom is 0.144 e. The number of halogens is 1. The van der Waals surface area contributed by atoms with Crippen molar-refractivity contribution in [3.8, 4) is 11.8 Å². The molecule has 2 aromatic rings. The molecule has 0 atom stereocenters. The van der Waals surface area contributed by atoms with Gasteiger partial charge in [-0.3, -0.25) is 0 Å². The number of rotatable bonds is 3. The van der Waals surface area contributed by atoms with Crippen LogP contribution in [-0.2, 0) is 0 Å². The van der Waals surface area contributed by atoms with E-state index in [1.54, 1.807) is 6.07 Å². The Labute approximate surface area is 138 Å². The van der Waals surface area contributed by atoms with E-state index < -0.39 is 0 Å². The fraction of sp³-hybridized carbons (Fsp3) is 0.294. The molecule has 1 aromatic heterocycles. The Hall–Kier alpha value is -2.06.